The molecule has 0 radical (unpaired) electrons. The van der Waals surface area contributed by atoms with Gasteiger partial charge in [-0.15, -0.1) is 0 Å². The SMILES string of the molecule is O=C(CN=C1NS(=O)(=O)c2ccccc21)Nc1ccc2c(c1)OCCCO2. The summed E-state index contributed by atoms with van der Waals surface area (Å²) in [5, 5.41) is 2.72. The van der Waals surface area contributed by atoms with Crippen LogP contribution in [0, 0.1) is 0 Å². The topological polar surface area (TPSA) is 106 Å². The Balaban J connectivity index is 1.46. The summed E-state index contributed by atoms with van der Waals surface area (Å²) in [5.74, 6) is 1.01. The van der Waals surface area contributed by atoms with Crippen LogP contribution in [0.2, 0.25) is 0 Å². The summed E-state index contributed by atoms with van der Waals surface area (Å²) in [6, 6.07) is 11.6. The van der Waals surface area contributed by atoms with Gasteiger partial charge in [-0.05, 0) is 24.3 Å². The number of anilines is 1. The molecule has 0 spiro atoms. The molecule has 8 nitrogen and oxygen atoms in total. The van der Waals surface area contributed by atoms with Gasteiger partial charge in [0.15, 0.2) is 11.5 Å². The summed E-state index contributed by atoms with van der Waals surface area (Å²) in [7, 11) is -3.62. The fourth-order valence-corrected chi connectivity index (χ4v) is 4.09. The van der Waals surface area contributed by atoms with E-state index in [0.29, 0.717) is 36.0 Å². The maximum atomic E-state index is 12.2. The first kappa shape index (κ1) is 17.3. The van der Waals surface area contributed by atoms with Gasteiger partial charge in [0.2, 0.25) is 5.91 Å². The summed E-state index contributed by atoms with van der Waals surface area (Å²) < 4.78 is 37.6. The van der Waals surface area contributed by atoms with Crippen LogP contribution in [0.3, 0.4) is 0 Å². The molecule has 0 saturated carbocycles. The number of nitrogens with one attached hydrogen (secondary N) is 2. The molecule has 0 saturated heterocycles. The van der Waals surface area contributed by atoms with Crippen LogP contribution >= 0.6 is 0 Å². The van der Waals surface area contributed by atoms with Gasteiger partial charge >= 0.3 is 0 Å². The second kappa shape index (κ2) is 6.92. The number of carbonyl (C=O) groups is 1. The van der Waals surface area contributed by atoms with E-state index in [-0.39, 0.29) is 23.2 Å². The Labute approximate surface area is 156 Å². The van der Waals surface area contributed by atoms with Crippen LogP contribution in [0.1, 0.15) is 12.0 Å². The number of nitrogens with zero attached hydrogens (tertiary/aromatic N) is 1. The van der Waals surface area contributed by atoms with E-state index in [1.807, 2.05) is 0 Å². The summed E-state index contributed by atoms with van der Waals surface area (Å²) >= 11 is 0. The van der Waals surface area contributed by atoms with Crippen molar-refractivity contribution < 1.29 is 22.7 Å². The average Bonchev–Trinajstić information content (AvgIpc) is 2.80. The third kappa shape index (κ3) is 3.59. The van der Waals surface area contributed by atoms with E-state index in [0.717, 1.165) is 6.42 Å². The summed E-state index contributed by atoms with van der Waals surface area (Å²) in [5.41, 5.74) is 1.01. The van der Waals surface area contributed by atoms with E-state index >= 15 is 0 Å². The minimum Gasteiger partial charge on any atom is -0.490 e. The smallest absolute Gasteiger partial charge is 0.263 e. The van der Waals surface area contributed by atoms with E-state index in [9.17, 15) is 13.2 Å². The van der Waals surface area contributed by atoms with Crippen LogP contribution in [-0.4, -0.2) is 39.9 Å². The Morgan fingerprint density at radius 2 is 1.89 bits per heavy atom. The Hall–Kier alpha value is -3.07. The maximum Gasteiger partial charge on any atom is 0.263 e. The largest absolute Gasteiger partial charge is 0.490 e. The number of sulfonamides is 1. The van der Waals surface area contributed by atoms with Crippen molar-refractivity contribution in [3.8, 4) is 11.5 Å². The molecule has 2 N–H and O–H groups in total. The number of amidine groups is 1. The van der Waals surface area contributed by atoms with E-state index in [4.69, 9.17) is 9.47 Å². The van der Waals surface area contributed by atoms with Gasteiger partial charge < -0.3 is 14.8 Å². The predicted molar refractivity (Wildman–Crippen MR) is 98.8 cm³/mol. The highest BCUT2D eigenvalue weighted by atomic mass is 32.2. The molecule has 27 heavy (non-hydrogen) atoms. The standard InChI is InChI=1S/C18H17N3O5S/c22-17(20-12-6-7-14-15(10-12)26-9-3-8-25-14)11-19-18-13-4-1-2-5-16(13)27(23,24)21-18/h1-2,4-7,10H,3,8-9,11H2,(H,19,21)(H,20,22). The molecule has 140 valence electrons. The average molecular weight is 387 g/mol. The monoisotopic (exact) mass is 387 g/mol. The van der Waals surface area contributed by atoms with Gasteiger partial charge in [0.05, 0.1) is 18.1 Å². The van der Waals surface area contributed by atoms with Gasteiger partial charge in [0.1, 0.15) is 12.4 Å². The molecule has 2 aromatic rings. The minimum absolute atomic E-state index is 0.159. The van der Waals surface area contributed by atoms with Crippen LogP contribution in [-0.2, 0) is 14.8 Å². The Bertz CT molecular complexity index is 1030. The number of hydrogen-bond donors (Lipinski definition) is 2. The normalized spacial score (nSPS) is 18.3. The quantitative estimate of drug-likeness (QED) is 0.831. The maximum absolute atomic E-state index is 12.2. The molecular formula is C18H17N3O5S. The first-order chi connectivity index (χ1) is 13.0. The van der Waals surface area contributed by atoms with E-state index in [2.05, 4.69) is 15.0 Å². The lowest BCUT2D eigenvalue weighted by molar-refractivity contribution is -0.114. The molecule has 0 bridgehead atoms. The lowest BCUT2D eigenvalue weighted by Gasteiger charge is -2.10. The number of aliphatic imine (C=N–C) groups is 1. The number of hydrogen-bond acceptors (Lipinski definition) is 6. The molecule has 0 atom stereocenters. The van der Waals surface area contributed by atoms with Gasteiger partial charge in [-0.25, -0.2) is 8.42 Å². The molecule has 0 unspecified atom stereocenters. The van der Waals surface area contributed by atoms with Crippen molar-refractivity contribution in [2.24, 2.45) is 4.99 Å². The van der Waals surface area contributed by atoms with Crippen LogP contribution < -0.4 is 19.5 Å². The molecular weight excluding hydrogens is 370 g/mol. The van der Waals surface area contributed by atoms with Gasteiger partial charge in [-0.2, -0.15) is 0 Å². The zero-order valence-electron chi connectivity index (χ0n) is 14.3. The van der Waals surface area contributed by atoms with Gasteiger partial charge in [0.25, 0.3) is 10.0 Å². The number of ether oxygens (including phenoxy) is 2. The first-order valence-corrected chi connectivity index (χ1v) is 9.87. The highest BCUT2D eigenvalue weighted by Crippen LogP contribution is 2.32. The zero-order chi connectivity index (χ0) is 18.9. The molecule has 9 heteroatoms. The first-order valence-electron chi connectivity index (χ1n) is 8.39. The molecule has 2 aromatic carbocycles. The Morgan fingerprint density at radius 1 is 1.11 bits per heavy atom. The molecule has 0 fully saturated rings. The number of benzene rings is 2. The fraction of sp³-hybridized carbons (Fsp3) is 0.222. The van der Waals surface area contributed by atoms with Crippen molar-refractivity contribution in [2.75, 3.05) is 25.1 Å². The molecule has 2 heterocycles. The zero-order valence-corrected chi connectivity index (χ0v) is 15.1. The third-order valence-electron chi connectivity index (χ3n) is 4.07. The lowest BCUT2D eigenvalue weighted by atomic mass is 10.2. The molecule has 1 amide bonds. The molecule has 4 rings (SSSR count). The van der Waals surface area contributed by atoms with Crippen molar-refractivity contribution in [3.05, 3.63) is 48.0 Å². The van der Waals surface area contributed by atoms with Crippen molar-refractivity contribution in [2.45, 2.75) is 11.3 Å². The summed E-state index contributed by atoms with van der Waals surface area (Å²) in [6.07, 6.45) is 0.797. The summed E-state index contributed by atoms with van der Waals surface area (Å²) in [6.45, 7) is 0.922. The Morgan fingerprint density at radius 3 is 2.74 bits per heavy atom. The van der Waals surface area contributed by atoms with Crippen molar-refractivity contribution in [1.29, 1.82) is 0 Å². The second-order valence-electron chi connectivity index (χ2n) is 6.03. The Kier molecular flexibility index (Phi) is 4.44. The summed E-state index contributed by atoms with van der Waals surface area (Å²) in [4.78, 5) is 16.5. The number of rotatable bonds is 3. The van der Waals surface area contributed by atoms with E-state index in [1.165, 1.54) is 6.07 Å². The van der Waals surface area contributed by atoms with Crippen molar-refractivity contribution >= 4 is 27.5 Å². The van der Waals surface area contributed by atoms with Gasteiger partial charge in [0, 0.05) is 23.7 Å². The molecule has 0 aliphatic carbocycles. The predicted octanol–water partition coefficient (Wildman–Crippen LogP) is 1.53. The van der Waals surface area contributed by atoms with Crippen LogP contribution in [0.25, 0.3) is 0 Å². The molecule has 2 aliphatic rings. The van der Waals surface area contributed by atoms with Crippen LogP contribution in [0.15, 0.2) is 52.4 Å². The van der Waals surface area contributed by atoms with Gasteiger partial charge in [-0.3, -0.25) is 14.5 Å². The van der Waals surface area contributed by atoms with Crippen molar-refractivity contribution in [1.82, 2.24) is 4.72 Å². The molecule has 0 aromatic heterocycles. The lowest BCUT2D eigenvalue weighted by Crippen LogP contribution is -2.24. The minimum atomic E-state index is -3.62. The van der Waals surface area contributed by atoms with Gasteiger partial charge in [-0.1, -0.05) is 12.1 Å². The number of fused-ring (bicyclic) bond motifs is 2. The van der Waals surface area contributed by atoms with Crippen LogP contribution in [0.4, 0.5) is 5.69 Å². The fourth-order valence-electron chi connectivity index (χ4n) is 2.84. The van der Waals surface area contributed by atoms with Crippen molar-refractivity contribution in [3.63, 3.8) is 0 Å². The third-order valence-corrected chi connectivity index (χ3v) is 5.47. The highest BCUT2D eigenvalue weighted by molar-refractivity contribution is 7.90. The molecule has 2 aliphatic heterocycles. The van der Waals surface area contributed by atoms with E-state index < -0.39 is 10.0 Å². The number of amides is 1. The van der Waals surface area contributed by atoms with E-state index in [1.54, 1.807) is 36.4 Å². The van der Waals surface area contributed by atoms with Crippen LogP contribution in [0.5, 0.6) is 11.5 Å². The highest BCUT2D eigenvalue weighted by Gasteiger charge is 2.30. The number of carbonyl (C=O) groups excluding carboxylic acids is 1. The second-order valence-corrected chi connectivity index (χ2v) is 7.68.